The fraction of sp³-hybridized carbons (Fsp3) is 0.786. The van der Waals surface area contributed by atoms with Crippen LogP contribution in [0, 0.1) is 5.41 Å². The Morgan fingerprint density at radius 1 is 1.19 bits per heavy atom. The Labute approximate surface area is 125 Å². The zero-order chi connectivity index (χ0) is 16.8. The Morgan fingerprint density at radius 3 is 2.10 bits per heavy atom. The molecule has 0 saturated heterocycles. The van der Waals surface area contributed by atoms with E-state index in [1.165, 1.54) is 4.90 Å². The molecule has 0 heterocycles. The molecule has 7 heteroatoms. The van der Waals surface area contributed by atoms with E-state index >= 15 is 0 Å². The van der Waals surface area contributed by atoms with Gasteiger partial charge in [-0.3, -0.25) is 4.79 Å². The van der Waals surface area contributed by atoms with E-state index in [0.717, 1.165) is 0 Å². The number of urea groups is 1. The Bertz CT molecular complexity index is 389. The van der Waals surface area contributed by atoms with E-state index in [1.807, 2.05) is 27.7 Å². The molecule has 0 rings (SSSR count). The molecule has 0 aromatic carbocycles. The molecule has 0 aliphatic rings. The smallest absolute Gasteiger partial charge is 0.326 e. The SMILES string of the molecule is CC(N(C)C(=O)N[C@H](CCCC(=O)O)C(=O)O)C(C)(C)C. The number of hydrogen-bond acceptors (Lipinski definition) is 3. The topological polar surface area (TPSA) is 107 Å². The van der Waals surface area contributed by atoms with Gasteiger partial charge >= 0.3 is 18.0 Å². The summed E-state index contributed by atoms with van der Waals surface area (Å²) >= 11 is 0. The number of carboxylic acid groups (broad SMARTS) is 2. The van der Waals surface area contributed by atoms with Crippen molar-refractivity contribution in [1.29, 1.82) is 0 Å². The van der Waals surface area contributed by atoms with Crippen molar-refractivity contribution in [2.75, 3.05) is 7.05 Å². The quantitative estimate of drug-likeness (QED) is 0.664. The average molecular weight is 302 g/mol. The highest BCUT2D eigenvalue weighted by molar-refractivity contribution is 5.82. The van der Waals surface area contributed by atoms with Gasteiger partial charge in [0, 0.05) is 19.5 Å². The molecule has 0 aromatic heterocycles. The molecule has 0 aliphatic carbocycles. The van der Waals surface area contributed by atoms with E-state index in [0.29, 0.717) is 0 Å². The predicted molar refractivity (Wildman–Crippen MR) is 78.1 cm³/mol. The fourth-order valence-corrected chi connectivity index (χ4v) is 1.72. The van der Waals surface area contributed by atoms with Gasteiger partial charge in [-0.1, -0.05) is 20.8 Å². The Balaban J connectivity index is 4.60. The van der Waals surface area contributed by atoms with Crippen LogP contribution < -0.4 is 5.32 Å². The van der Waals surface area contributed by atoms with Crippen molar-refractivity contribution in [1.82, 2.24) is 10.2 Å². The number of rotatable bonds is 7. The molecular weight excluding hydrogens is 276 g/mol. The van der Waals surface area contributed by atoms with Gasteiger partial charge in [0.15, 0.2) is 0 Å². The monoisotopic (exact) mass is 302 g/mol. The van der Waals surface area contributed by atoms with E-state index < -0.39 is 24.0 Å². The molecule has 0 bridgehead atoms. The lowest BCUT2D eigenvalue weighted by atomic mass is 9.87. The van der Waals surface area contributed by atoms with Crippen LogP contribution in [0.4, 0.5) is 4.79 Å². The molecule has 0 aromatic rings. The standard InChI is InChI=1S/C14H26N2O5/c1-9(14(2,3)4)16(5)13(21)15-10(12(19)20)7-6-8-11(17)18/h9-10H,6-8H2,1-5H3,(H,15,21)(H,17,18)(H,19,20)/t9?,10-/m1/s1. The third-order valence-corrected chi connectivity index (χ3v) is 3.63. The van der Waals surface area contributed by atoms with Crippen molar-refractivity contribution < 1.29 is 24.6 Å². The molecule has 1 unspecified atom stereocenters. The van der Waals surface area contributed by atoms with E-state index in [-0.39, 0.29) is 30.7 Å². The van der Waals surface area contributed by atoms with Gasteiger partial charge in [0.05, 0.1) is 0 Å². The molecule has 0 radical (unpaired) electrons. The number of nitrogens with one attached hydrogen (secondary N) is 1. The summed E-state index contributed by atoms with van der Waals surface area (Å²) in [5.41, 5.74) is -0.131. The molecule has 0 fully saturated rings. The molecular formula is C14H26N2O5. The maximum Gasteiger partial charge on any atom is 0.326 e. The number of carboxylic acids is 2. The van der Waals surface area contributed by atoms with Gasteiger partial charge in [0.1, 0.15) is 6.04 Å². The molecule has 3 N–H and O–H groups in total. The summed E-state index contributed by atoms with van der Waals surface area (Å²) in [5.74, 6) is -2.14. The van der Waals surface area contributed by atoms with Crippen molar-refractivity contribution >= 4 is 18.0 Å². The van der Waals surface area contributed by atoms with E-state index in [1.54, 1.807) is 7.05 Å². The predicted octanol–water partition coefficient (Wildman–Crippen LogP) is 1.77. The summed E-state index contributed by atoms with van der Waals surface area (Å²) in [7, 11) is 1.61. The van der Waals surface area contributed by atoms with Gasteiger partial charge in [-0.15, -0.1) is 0 Å². The van der Waals surface area contributed by atoms with Crippen LogP contribution >= 0.6 is 0 Å². The number of amides is 2. The molecule has 21 heavy (non-hydrogen) atoms. The molecule has 0 aliphatic heterocycles. The second kappa shape index (κ2) is 7.85. The van der Waals surface area contributed by atoms with Gasteiger partial charge in [0.25, 0.3) is 0 Å². The first-order valence-electron chi connectivity index (χ1n) is 6.94. The highest BCUT2D eigenvalue weighted by Gasteiger charge is 2.29. The van der Waals surface area contributed by atoms with E-state index in [9.17, 15) is 14.4 Å². The number of carbonyl (C=O) groups is 3. The Morgan fingerprint density at radius 2 is 1.71 bits per heavy atom. The van der Waals surface area contributed by atoms with E-state index in [2.05, 4.69) is 5.32 Å². The van der Waals surface area contributed by atoms with Gasteiger partial charge in [-0.2, -0.15) is 0 Å². The molecule has 2 amide bonds. The van der Waals surface area contributed by atoms with Crippen molar-refractivity contribution in [3.63, 3.8) is 0 Å². The molecule has 122 valence electrons. The number of nitrogens with zero attached hydrogens (tertiary/aromatic N) is 1. The van der Waals surface area contributed by atoms with Crippen molar-refractivity contribution in [3.8, 4) is 0 Å². The second-order valence-electron chi connectivity index (χ2n) is 6.28. The Hall–Kier alpha value is -1.79. The Kier molecular flexibility index (Phi) is 7.18. The fourth-order valence-electron chi connectivity index (χ4n) is 1.72. The lowest BCUT2D eigenvalue weighted by Gasteiger charge is -2.35. The summed E-state index contributed by atoms with van der Waals surface area (Å²) in [6, 6.07) is -1.63. The third-order valence-electron chi connectivity index (χ3n) is 3.63. The first kappa shape index (κ1) is 19.2. The minimum absolute atomic E-state index is 0.0778. The molecule has 2 atom stereocenters. The molecule has 7 nitrogen and oxygen atoms in total. The summed E-state index contributed by atoms with van der Waals surface area (Å²) in [6.07, 6.45) is 0.171. The van der Waals surface area contributed by atoms with Crippen LogP contribution in [0.1, 0.15) is 47.0 Å². The first-order valence-corrected chi connectivity index (χ1v) is 6.94. The number of hydrogen-bond donors (Lipinski definition) is 3. The van der Waals surface area contributed by atoms with Gasteiger partial charge < -0.3 is 20.4 Å². The maximum atomic E-state index is 12.1. The first-order chi connectivity index (χ1) is 9.46. The van der Waals surface area contributed by atoms with Crippen molar-refractivity contribution in [2.45, 2.75) is 59.0 Å². The van der Waals surface area contributed by atoms with Crippen LogP contribution in [0.25, 0.3) is 0 Å². The molecule has 0 saturated carbocycles. The number of carbonyl (C=O) groups excluding carboxylic acids is 1. The zero-order valence-electron chi connectivity index (χ0n) is 13.3. The van der Waals surface area contributed by atoms with Crippen LogP contribution in [-0.4, -0.2) is 52.2 Å². The van der Waals surface area contributed by atoms with Crippen LogP contribution in [0.5, 0.6) is 0 Å². The maximum absolute atomic E-state index is 12.1. The minimum atomic E-state index is -1.16. The summed E-state index contributed by atoms with van der Waals surface area (Å²) in [5, 5.41) is 20.1. The van der Waals surface area contributed by atoms with E-state index in [4.69, 9.17) is 10.2 Å². The van der Waals surface area contributed by atoms with Crippen LogP contribution in [0.3, 0.4) is 0 Å². The lowest BCUT2D eigenvalue weighted by molar-refractivity contribution is -0.140. The van der Waals surface area contributed by atoms with Crippen LogP contribution in [-0.2, 0) is 9.59 Å². The third kappa shape index (κ3) is 6.97. The minimum Gasteiger partial charge on any atom is -0.481 e. The van der Waals surface area contributed by atoms with Gasteiger partial charge in [-0.05, 0) is 25.2 Å². The highest BCUT2D eigenvalue weighted by Crippen LogP contribution is 2.23. The summed E-state index contributed by atoms with van der Waals surface area (Å²) in [4.78, 5) is 35.1. The van der Waals surface area contributed by atoms with Crippen molar-refractivity contribution in [3.05, 3.63) is 0 Å². The highest BCUT2D eigenvalue weighted by atomic mass is 16.4. The zero-order valence-corrected chi connectivity index (χ0v) is 13.3. The summed E-state index contributed by atoms with van der Waals surface area (Å²) in [6.45, 7) is 7.86. The van der Waals surface area contributed by atoms with Crippen molar-refractivity contribution in [2.24, 2.45) is 5.41 Å². The number of aliphatic carboxylic acids is 2. The summed E-state index contributed by atoms with van der Waals surface area (Å²) < 4.78 is 0. The lowest BCUT2D eigenvalue weighted by Crippen LogP contribution is -2.52. The largest absolute Gasteiger partial charge is 0.481 e. The second-order valence-corrected chi connectivity index (χ2v) is 6.28. The van der Waals surface area contributed by atoms with Gasteiger partial charge in [-0.25, -0.2) is 9.59 Å². The normalized spacial score (nSPS) is 14.1. The van der Waals surface area contributed by atoms with Gasteiger partial charge in [0.2, 0.25) is 0 Å². The van der Waals surface area contributed by atoms with Crippen LogP contribution in [0.15, 0.2) is 0 Å². The molecule has 0 spiro atoms. The van der Waals surface area contributed by atoms with Crippen LogP contribution in [0.2, 0.25) is 0 Å². The average Bonchev–Trinajstić information content (AvgIpc) is 2.33.